The first kappa shape index (κ1) is 19.6. The van der Waals surface area contributed by atoms with Gasteiger partial charge < -0.3 is 5.11 Å². The fourth-order valence-corrected chi connectivity index (χ4v) is 2.97. The van der Waals surface area contributed by atoms with Gasteiger partial charge in [-0.1, -0.05) is 47.6 Å². The van der Waals surface area contributed by atoms with Crippen LogP contribution in [0.15, 0.2) is 18.2 Å². The monoisotopic (exact) mass is 342 g/mol. The molecule has 1 N–H and O–H groups in total. The molecule has 0 aliphatic carbocycles. The second kappa shape index (κ2) is 5.89. The summed E-state index contributed by atoms with van der Waals surface area (Å²) in [5.41, 5.74) is 4.88. The number of hydrogen-bond acceptors (Lipinski definition) is 2. The second-order valence-electron chi connectivity index (χ2n) is 10.2. The van der Waals surface area contributed by atoms with E-state index in [4.69, 9.17) is 5.10 Å². The molecule has 0 amide bonds. The fourth-order valence-electron chi connectivity index (χ4n) is 2.97. The number of nitrogens with zero attached hydrogens (tertiary/aromatic N) is 2. The van der Waals surface area contributed by atoms with Gasteiger partial charge in [0.2, 0.25) is 0 Å². The minimum Gasteiger partial charge on any atom is -0.504 e. The quantitative estimate of drug-likeness (QED) is 0.699. The van der Waals surface area contributed by atoms with E-state index in [-0.39, 0.29) is 22.1 Å². The average molecular weight is 343 g/mol. The summed E-state index contributed by atoms with van der Waals surface area (Å²) < 4.78 is 1.91. The first-order chi connectivity index (χ1) is 11.1. The van der Waals surface area contributed by atoms with Gasteiger partial charge in [-0.15, -0.1) is 0 Å². The molecule has 0 fully saturated rings. The summed E-state index contributed by atoms with van der Waals surface area (Å²) in [4.78, 5) is 0. The molecule has 0 saturated carbocycles. The lowest BCUT2D eigenvalue weighted by Gasteiger charge is -2.26. The smallest absolute Gasteiger partial charge is 0.164 e. The summed E-state index contributed by atoms with van der Waals surface area (Å²) in [6, 6.07) is 6.63. The highest BCUT2D eigenvalue weighted by Crippen LogP contribution is 2.38. The average Bonchev–Trinajstić information content (AvgIpc) is 2.73. The zero-order valence-corrected chi connectivity index (χ0v) is 17.6. The Morgan fingerprint density at radius 3 is 1.56 bits per heavy atom. The maximum Gasteiger partial charge on any atom is 0.164 e. The first-order valence-corrected chi connectivity index (χ1v) is 9.08. The van der Waals surface area contributed by atoms with E-state index in [0.717, 1.165) is 11.3 Å². The summed E-state index contributed by atoms with van der Waals surface area (Å²) in [5.74, 6) is 0.279. The van der Waals surface area contributed by atoms with Crippen LogP contribution in [0.4, 0.5) is 0 Å². The molecule has 3 nitrogen and oxygen atoms in total. The molecule has 0 aliphatic heterocycles. The first-order valence-electron chi connectivity index (χ1n) is 9.08. The van der Waals surface area contributed by atoms with E-state index in [0.29, 0.717) is 5.69 Å². The Morgan fingerprint density at radius 1 is 0.800 bits per heavy atom. The van der Waals surface area contributed by atoms with Crippen LogP contribution in [-0.2, 0) is 16.4 Å². The molecule has 0 aliphatic rings. The summed E-state index contributed by atoms with van der Waals surface area (Å²) in [5, 5.41) is 15.5. The standard InChI is InChI=1S/C22H34N2O/c1-14-19(25)18(23-24(14)22(8,9)10)15-11-16(20(2,3)4)13-17(12-15)21(5,6)7/h11-13,25H,1-10H3. The predicted molar refractivity (Wildman–Crippen MR) is 106 cm³/mol. The molecule has 25 heavy (non-hydrogen) atoms. The molecule has 1 aromatic heterocycles. The highest BCUT2D eigenvalue weighted by molar-refractivity contribution is 5.69. The molecule has 0 unspecified atom stereocenters. The predicted octanol–water partition coefficient (Wildman–Crippen LogP) is 5.91. The molecule has 3 heteroatoms. The molecule has 2 rings (SSSR count). The zero-order chi connectivity index (χ0) is 19.4. The van der Waals surface area contributed by atoms with Crippen molar-refractivity contribution < 1.29 is 5.11 Å². The van der Waals surface area contributed by atoms with Crippen molar-refractivity contribution in [3.8, 4) is 17.0 Å². The van der Waals surface area contributed by atoms with Gasteiger partial charge in [0.15, 0.2) is 5.75 Å². The Balaban J connectivity index is 2.76. The molecular formula is C22H34N2O. The molecule has 138 valence electrons. The third kappa shape index (κ3) is 3.91. The minimum atomic E-state index is -0.172. The van der Waals surface area contributed by atoms with Crippen molar-refractivity contribution in [2.45, 2.75) is 85.6 Å². The Labute approximate surface area is 153 Å². The Bertz CT molecular complexity index is 746. The van der Waals surface area contributed by atoms with Crippen LogP contribution in [0.2, 0.25) is 0 Å². The third-order valence-electron chi connectivity index (χ3n) is 4.66. The summed E-state index contributed by atoms with van der Waals surface area (Å²) >= 11 is 0. The van der Waals surface area contributed by atoms with E-state index >= 15 is 0 Å². The lowest BCUT2D eigenvalue weighted by atomic mass is 9.79. The van der Waals surface area contributed by atoms with Crippen LogP contribution >= 0.6 is 0 Å². The molecule has 0 atom stereocenters. The molecular weight excluding hydrogens is 308 g/mol. The lowest BCUT2D eigenvalue weighted by Crippen LogP contribution is -2.24. The fraction of sp³-hybridized carbons (Fsp3) is 0.591. The summed E-state index contributed by atoms with van der Waals surface area (Å²) in [6.45, 7) is 21.5. The topological polar surface area (TPSA) is 38.1 Å². The van der Waals surface area contributed by atoms with Crippen LogP contribution in [0.3, 0.4) is 0 Å². The third-order valence-corrected chi connectivity index (χ3v) is 4.66. The summed E-state index contributed by atoms with van der Waals surface area (Å²) in [7, 11) is 0. The van der Waals surface area contributed by atoms with Crippen molar-refractivity contribution in [2.24, 2.45) is 0 Å². The van der Waals surface area contributed by atoms with Gasteiger partial charge in [0.05, 0.1) is 11.2 Å². The van der Waals surface area contributed by atoms with E-state index in [1.807, 2.05) is 11.6 Å². The number of aromatic nitrogens is 2. The van der Waals surface area contributed by atoms with E-state index < -0.39 is 0 Å². The maximum atomic E-state index is 10.7. The SMILES string of the molecule is Cc1c(O)c(-c2cc(C(C)(C)C)cc(C(C)(C)C)c2)nn1C(C)(C)C. The van der Waals surface area contributed by atoms with Gasteiger partial charge in [0, 0.05) is 5.56 Å². The Hall–Kier alpha value is -1.77. The lowest BCUT2D eigenvalue weighted by molar-refractivity contribution is 0.345. The van der Waals surface area contributed by atoms with Crippen LogP contribution in [0.5, 0.6) is 5.75 Å². The van der Waals surface area contributed by atoms with Crippen molar-refractivity contribution in [2.75, 3.05) is 0 Å². The van der Waals surface area contributed by atoms with Crippen LogP contribution < -0.4 is 0 Å². The number of hydrogen-bond donors (Lipinski definition) is 1. The molecule has 0 radical (unpaired) electrons. The van der Waals surface area contributed by atoms with E-state index in [1.54, 1.807) is 0 Å². The van der Waals surface area contributed by atoms with Gasteiger partial charge in [0.1, 0.15) is 5.69 Å². The normalized spacial score (nSPS) is 13.4. The largest absolute Gasteiger partial charge is 0.504 e. The summed E-state index contributed by atoms with van der Waals surface area (Å²) in [6.07, 6.45) is 0. The van der Waals surface area contributed by atoms with Gasteiger partial charge in [-0.25, -0.2) is 0 Å². The molecule has 1 heterocycles. The maximum absolute atomic E-state index is 10.7. The van der Waals surface area contributed by atoms with Crippen molar-refractivity contribution in [3.63, 3.8) is 0 Å². The van der Waals surface area contributed by atoms with Crippen molar-refractivity contribution >= 4 is 0 Å². The van der Waals surface area contributed by atoms with Gasteiger partial charge in [-0.2, -0.15) is 5.10 Å². The van der Waals surface area contributed by atoms with Crippen LogP contribution in [-0.4, -0.2) is 14.9 Å². The zero-order valence-electron chi connectivity index (χ0n) is 17.6. The van der Waals surface area contributed by atoms with Crippen LogP contribution in [0.1, 0.15) is 79.1 Å². The van der Waals surface area contributed by atoms with Crippen LogP contribution in [0.25, 0.3) is 11.3 Å². The second-order valence-corrected chi connectivity index (χ2v) is 10.2. The Kier molecular flexibility index (Phi) is 4.61. The molecule has 2 aromatic rings. The van der Waals surface area contributed by atoms with Crippen molar-refractivity contribution in [1.29, 1.82) is 0 Å². The highest BCUT2D eigenvalue weighted by atomic mass is 16.3. The van der Waals surface area contributed by atoms with Gasteiger partial charge >= 0.3 is 0 Å². The van der Waals surface area contributed by atoms with E-state index in [2.05, 4.69) is 80.5 Å². The van der Waals surface area contributed by atoms with Gasteiger partial charge in [-0.3, -0.25) is 4.68 Å². The molecule has 0 spiro atoms. The van der Waals surface area contributed by atoms with E-state index in [1.165, 1.54) is 11.1 Å². The molecule has 0 bridgehead atoms. The van der Waals surface area contributed by atoms with Gasteiger partial charge in [-0.05, 0) is 61.8 Å². The number of aromatic hydroxyl groups is 1. The molecule has 1 aromatic carbocycles. The van der Waals surface area contributed by atoms with Gasteiger partial charge in [0.25, 0.3) is 0 Å². The van der Waals surface area contributed by atoms with Crippen molar-refractivity contribution in [3.05, 3.63) is 35.0 Å². The van der Waals surface area contributed by atoms with E-state index in [9.17, 15) is 5.11 Å². The molecule has 0 saturated heterocycles. The minimum absolute atomic E-state index is 0.0350. The Morgan fingerprint density at radius 2 is 1.24 bits per heavy atom. The van der Waals surface area contributed by atoms with Crippen molar-refractivity contribution in [1.82, 2.24) is 9.78 Å². The van der Waals surface area contributed by atoms with Crippen LogP contribution in [0, 0.1) is 6.92 Å². The highest BCUT2D eigenvalue weighted by Gasteiger charge is 2.26. The number of benzene rings is 1. The number of rotatable bonds is 1.